The minimum Gasteiger partial charge on any atom is -0.496 e. The molecule has 2 aromatic rings. The van der Waals surface area contributed by atoms with Gasteiger partial charge in [0.2, 0.25) is 10.0 Å². The maximum absolute atomic E-state index is 12.1. The van der Waals surface area contributed by atoms with Crippen LogP contribution in [0.25, 0.3) is 0 Å². The van der Waals surface area contributed by atoms with Gasteiger partial charge in [-0.05, 0) is 18.2 Å². The van der Waals surface area contributed by atoms with E-state index in [1.54, 1.807) is 0 Å². The predicted octanol–water partition coefficient (Wildman–Crippen LogP) is -0.821. The van der Waals surface area contributed by atoms with Crippen LogP contribution in [-0.4, -0.2) is 41.3 Å². The van der Waals surface area contributed by atoms with Crippen LogP contribution in [0, 0.1) is 0 Å². The van der Waals surface area contributed by atoms with Gasteiger partial charge in [0.1, 0.15) is 5.75 Å². The normalized spacial score (nSPS) is 11.5. The van der Waals surface area contributed by atoms with Gasteiger partial charge >= 0.3 is 0 Å². The molecule has 0 aliphatic rings. The summed E-state index contributed by atoms with van der Waals surface area (Å²) < 4.78 is 31.5. The van der Waals surface area contributed by atoms with E-state index < -0.39 is 10.0 Å². The number of hydrogen-bond acceptors (Lipinski definition) is 7. The third-order valence-electron chi connectivity index (χ3n) is 2.54. The van der Waals surface area contributed by atoms with Gasteiger partial charge < -0.3 is 9.84 Å². The van der Waals surface area contributed by atoms with Crippen LogP contribution in [0.4, 0.5) is 0 Å². The van der Waals surface area contributed by atoms with E-state index in [1.807, 2.05) is 0 Å². The number of nitrogens with one attached hydrogen (secondary N) is 2. The van der Waals surface area contributed by atoms with Crippen LogP contribution in [0.2, 0.25) is 0 Å². The summed E-state index contributed by atoms with van der Waals surface area (Å²) in [4.78, 5) is 0.0193. The van der Waals surface area contributed by atoms with Gasteiger partial charge in [0, 0.05) is 5.56 Å². The lowest BCUT2D eigenvalue weighted by molar-refractivity contribution is 0.273. The largest absolute Gasteiger partial charge is 0.496 e. The zero-order valence-electron chi connectivity index (χ0n) is 10.6. The number of aliphatic hydroxyl groups excluding tert-OH is 1. The molecule has 2 rings (SSSR count). The minimum atomic E-state index is -3.73. The van der Waals surface area contributed by atoms with Crippen molar-refractivity contribution in [2.75, 3.05) is 7.11 Å². The topological polar surface area (TPSA) is 130 Å². The van der Waals surface area contributed by atoms with Gasteiger partial charge in [-0.1, -0.05) is 5.21 Å². The maximum atomic E-state index is 12.1. The maximum Gasteiger partial charge on any atom is 0.240 e. The molecule has 9 nitrogen and oxygen atoms in total. The van der Waals surface area contributed by atoms with Crippen molar-refractivity contribution < 1.29 is 18.3 Å². The molecule has 0 spiro atoms. The van der Waals surface area contributed by atoms with Crippen molar-refractivity contribution in [2.45, 2.75) is 18.0 Å². The Bertz CT molecular complexity index is 671. The number of aromatic amines is 1. The molecule has 1 aromatic carbocycles. The Kier molecular flexibility index (Phi) is 4.27. The Balaban J connectivity index is 2.20. The van der Waals surface area contributed by atoms with Gasteiger partial charge in [0.15, 0.2) is 5.82 Å². The number of tetrazole rings is 1. The van der Waals surface area contributed by atoms with Crippen LogP contribution in [0.5, 0.6) is 5.75 Å². The molecule has 0 aliphatic carbocycles. The minimum absolute atomic E-state index is 0.0193. The van der Waals surface area contributed by atoms with E-state index in [0.29, 0.717) is 11.3 Å². The van der Waals surface area contributed by atoms with Crippen molar-refractivity contribution in [2.24, 2.45) is 0 Å². The molecule has 0 saturated carbocycles. The van der Waals surface area contributed by atoms with Crippen molar-refractivity contribution >= 4 is 10.0 Å². The molecule has 1 heterocycles. The molecule has 0 saturated heterocycles. The van der Waals surface area contributed by atoms with Gasteiger partial charge in [0.25, 0.3) is 0 Å². The lowest BCUT2D eigenvalue weighted by Crippen LogP contribution is -2.24. The molecule has 20 heavy (non-hydrogen) atoms. The SMILES string of the molecule is COc1ccc(S(=O)(=O)NCc2nn[nH]n2)cc1CO. The quantitative estimate of drug-likeness (QED) is 0.635. The second-order valence-corrected chi connectivity index (χ2v) is 5.55. The van der Waals surface area contributed by atoms with Gasteiger partial charge in [-0.2, -0.15) is 5.21 Å². The van der Waals surface area contributed by atoms with Crippen LogP contribution in [-0.2, 0) is 23.2 Å². The molecular weight excluding hydrogens is 286 g/mol. The number of H-pyrrole nitrogens is 1. The smallest absolute Gasteiger partial charge is 0.240 e. The van der Waals surface area contributed by atoms with Gasteiger partial charge in [-0.25, -0.2) is 13.1 Å². The first-order valence-corrected chi connectivity index (χ1v) is 7.05. The molecule has 108 valence electrons. The third kappa shape index (κ3) is 3.10. The molecule has 0 bridgehead atoms. The highest BCUT2D eigenvalue weighted by Crippen LogP contribution is 2.22. The number of rotatable bonds is 6. The first-order chi connectivity index (χ1) is 9.56. The predicted molar refractivity (Wildman–Crippen MR) is 67.1 cm³/mol. The highest BCUT2D eigenvalue weighted by molar-refractivity contribution is 7.89. The average Bonchev–Trinajstić information content (AvgIpc) is 2.97. The fraction of sp³-hybridized carbons (Fsp3) is 0.300. The molecule has 0 radical (unpaired) electrons. The lowest BCUT2D eigenvalue weighted by atomic mass is 10.2. The molecular formula is C10H13N5O4S. The summed E-state index contributed by atoms with van der Waals surface area (Å²) in [6, 6.07) is 4.21. The summed E-state index contributed by atoms with van der Waals surface area (Å²) in [7, 11) is -2.29. The molecule has 0 unspecified atom stereocenters. The first-order valence-electron chi connectivity index (χ1n) is 5.56. The van der Waals surface area contributed by atoms with Gasteiger partial charge in [-0.15, -0.1) is 10.2 Å². The zero-order valence-corrected chi connectivity index (χ0v) is 11.4. The number of ether oxygens (including phenoxy) is 1. The summed E-state index contributed by atoms with van der Waals surface area (Å²) in [5.41, 5.74) is 0.384. The number of aliphatic hydroxyl groups is 1. The summed E-state index contributed by atoms with van der Waals surface area (Å²) in [5.74, 6) is 0.647. The van der Waals surface area contributed by atoms with E-state index in [4.69, 9.17) is 4.74 Å². The second-order valence-electron chi connectivity index (χ2n) is 3.78. The highest BCUT2D eigenvalue weighted by atomic mass is 32.2. The number of sulfonamides is 1. The van der Waals surface area contributed by atoms with Crippen molar-refractivity contribution in [1.82, 2.24) is 25.3 Å². The Morgan fingerprint density at radius 1 is 1.45 bits per heavy atom. The molecule has 1 aromatic heterocycles. The third-order valence-corrected chi connectivity index (χ3v) is 3.94. The standard InChI is InChI=1S/C10H13N5O4S/c1-19-9-3-2-8(4-7(9)6-16)20(17,18)11-5-10-12-14-15-13-10/h2-4,11,16H,5-6H2,1H3,(H,12,13,14,15). The van der Waals surface area contributed by atoms with Crippen molar-refractivity contribution in [3.63, 3.8) is 0 Å². The van der Waals surface area contributed by atoms with Crippen molar-refractivity contribution in [3.8, 4) is 5.75 Å². The van der Waals surface area contributed by atoms with Gasteiger partial charge in [-0.3, -0.25) is 0 Å². The van der Waals surface area contributed by atoms with E-state index in [2.05, 4.69) is 25.3 Å². The fourth-order valence-electron chi connectivity index (χ4n) is 1.55. The van der Waals surface area contributed by atoms with Crippen LogP contribution in [0.1, 0.15) is 11.4 Å². The Labute approximate surface area is 115 Å². The number of hydrogen-bond donors (Lipinski definition) is 3. The van der Waals surface area contributed by atoms with Crippen molar-refractivity contribution in [1.29, 1.82) is 0 Å². The number of methoxy groups -OCH3 is 1. The molecule has 0 fully saturated rings. The first kappa shape index (κ1) is 14.4. The Morgan fingerprint density at radius 2 is 2.25 bits per heavy atom. The molecule has 0 atom stereocenters. The highest BCUT2D eigenvalue weighted by Gasteiger charge is 2.17. The Hall–Kier alpha value is -2.04. The van der Waals surface area contributed by atoms with E-state index in [-0.39, 0.29) is 23.9 Å². The summed E-state index contributed by atoms with van der Waals surface area (Å²) in [6.45, 7) is -0.406. The number of benzene rings is 1. The second kappa shape index (κ2) is 5.94. The van der Waals surface area contributed by atoms with Crippen LogP contribution in [0.3, 0.4) is 0 Å². The van der Waals surface area contributed by atoms with Gasteiger partial charge in [0.05, 0.1) is 25.2 Å². The number of nitrogens with zero attached hydrogens (tertiary/aromatic N) is 3. The Morgan fingerprint density at radius 3 is 2.85 bits per heavy atom. The van der Waals surface area contributed by atoms with E-state index in [1.165, 1.54) is 25.3 Å². The number of aromatic nitrogens is 4. The molecule has 0 aliphatic heterocycles. The molecule has 0 amide bonds. The average molecular weight is 299 g/mol. The summed E-state index contributed by atoms with van der Waals surface area (Å²) in [6.07, 6.45) is 0. The van der Waals surface area contributed by atoms with E-state index >= 15 is 0 Å². The summed E-state index contributed by atoms with van der Waals surface area (Å²) >= 11 is 0. The summed E-state index contributed by atoms with van der Waals surface area (Å²) in [5, 5.41) is 22.0. The van der Waals surface area contributed by atoms with Crippen LogP contribution >= 0.6 is 0 Å². The van der Waals surface area contributed by atoms with Crippen LogP contribution in [0.15, 0.2) is 23.1 Å². The molecule has 10 heteroatoms. The van der Waals surface area contributed by atoms with Crippen molar-refractivity contribution in [3.05, 3.63) is 29.6 Å². The fourth-order valence-corrected chi connectivity index (χ4v) is 2.58. The monoisotopic (exact) mass is 299 g/mol. The zero-order chi connectivity index (χ0) is 14.6. The lowest BCUT2D eigenvalue weighted by Gasteiger charge is -2.09. The molecule has 3 N–H and O–H groups in total. The van der Waals surface area contributed by atoms with E-state index in [0.717, 1.165) is 0 Å². The van der Waals surface area contributed by atoms with E-state index in [9.17, 15) is 13.5 Å². The van der Waals surface area contributed by atoms with Crippen LogP contribution < -0.4 is 9.46 Å².